The Morgan fingerprint density at radius 3 is 2.62 bits per heavy atom. The zero-order chi connectivity index (χ0) is 18.9. The highest BCUT2D eigenvalue weighted by Crippen LogP contribution is 2.31. The summed E-state index contributed by atoms with van der Waals surface area (Å²) in [4.78, 5) is 21.1. The number of thiazole rings is 1. The molecule has 0 atom stereocenters. The first-order valence-electron chi connectivity index (χ1n) is 8.08. The molecule has 0 fully saturated rings. The van der Waals surface area contributed by atoms with Crippen LogP contribution in [0.25, 0.3) is 10.8 Å². The molecule has 2 aromatic heterocycles. The molecule has 136 valence electrons. The third-order valence-electron chi connectivity index (χ3n) is 3.78. The molecule has 26 heavy (non-hydrogen) atoms. The fourth-order valence-corrected chi connectivity index (χ4v) is 3.59. The molecule has 6 nitrogen and oxygen atoms in total. The summed E-state index contributed by atoms with van der Waals surface area (Å²) in [7, 11) is 0. The van der Waals surface area contributed by atoms with Gasteiger partial charge in [0.1, 0.15) is 10.7 Å². The molecule has 0 spiro atoms. The van der Waals surface area contributed by atoms with E-state index in [1.54, 1.807) is 12.1 Å². The number of amides is 1. The number of benzene rings is 1. The number of hydrogen-bond acceptors (Lipinski definition) is 6. The highest BCUT2D eigenvalue weighted by atomic mass is 32.1. The Bertz CT molecular complexity index is 931. The van der Waals surface area contributed by atoms with E-state index in [0.717, 1.165) is 21.1 Å². The van der Waals surface area contributed by atoms with Crippen LogP contribution in [-0.2, 0) is 16.8 Å². The van der Waals surface area contributed by atoms with Gasteiger partial charge in [-0.25, -0.2) is 9.37 Å². The molecule has 0 aliphatic rings. The average Bonchev–Trinajstić information content (AvgIpc) is 3.15. The summed E-state index contributed by atoms with van der Waals surface area (Å²) < 4.78 is 18.4. The van der Waals surface area contributed by atoms with Crippen molar-refractivity contribution in [2.45, 2.75) is 39.7 Å². The fourth-order valence-electron chi connectivity index (χ4n) is 2.57. The van der Waals surface area contributed by atoms with Gasteiger partial charge in [0, 0.05) is 13.3 Å². The second-order valence-corrected chi connectivity index (χ2v) is 7.64. The summed E-state index contributed by atoms with van der Waals surface area (Å²) in [5.41, 5.74) is 1.03. The molecular formula is C18H19FN4O2S. The van der Waals surface area contributed by atoms with Crippen molar-refractivity contribution in [1.29, 1.82) is 0 Å². The quantitative estimate of drug-likeness (QED) is 0.738. The predicted molar refractivity (Wildman–Crippen MR) is 96.2 cm³/mol. The Morgan fingerprint density at radius 2 is 1.96 bits per heavy atom. The lowest BCUT2D eigenvalue weighted by molar-refractivity contribution is -0.120. The number of halogens is 1. The number of carbonyl (C=O) groups excluding carboxylic acids is 1. The van der Waals surface area contributed by atoms with Crippen molar-refractivity contribution >= 4 is 17.2 Å². The topological polar surface area (TPSA) is 80.9 Å². The van der Waals surface area contributed by atoms with E-state index in [4.69, 9.17) is 4.52 Å². The Morgan fingerprint density at radius 1 is 1.27 bits per heavy atom. The van der Waals surface area contributed by atoms with Crippen LogP contribution in [-0.4, -0.2) is 21.0 Å². The minimum atomic E-state index is -0.733. The van der Waals surface area contributed by atoms with E-state index in [0.29, 0.717) is 18.1 Å². The van der Waals surface area contributed by atoms with Crippen molar-refractivity contribution in [3.63, 3.8) is 0 Å². The summed E-state index contributed by atoms with van der Waals surface area (Å²) >= 11 is 1.46. The van der Waals surface area contributed by atoms with E-state index in [1.807, 2.05) is 20.8 Å². The molecule has 0 saturated carbocycles. The first kappa shape index (κ1) is 18.2. The number of aryl methyl sites for hydroxylation is 1. The zero-order valence-electron chi connectivity index (χ0n) is 15.0. The van der Waals surface area contributed by atoms with E-state index >= 15 is 0 Å². The van der Waals surface area contributed by atoms with Gasteiger partial charge in [-0.3, -0.25) is 4.79 Å². The SMILES string of the molecule is CC(=O)NC(C)(C)c1noc(-c2sc(Cc3ccc(F)cc3)nc2C)n1. The lowest BCUT2D eigenvalue weighted by Crippen LogP contribution is -2.40. The molecule has 1 N–H and O–H groups in total. The molecule has 1 amide bonds. The Hall–Kier alpha value is -2.61. The van der Waals surface area contributed by atoms with Gasteiger partial charge in [-0.05, 0) is 38.5 Å². The first-order valence-corrected chi connectivity index (χ1v) is 8.90. The summed E-state index contributed by atoms with van der Waals surface area (Å²) in [5, 5.41) is 7.67. The Balaban J connectivity index is 1.83. The molecule has 0 bridgehead atoms. The number of carbonyl (C=O) groups is 1. The normalized spacial score (nSPS) is 11.6. The van der Waals surface area contributed by atoms with Crippen LogP contribution < -0.4 is 5.32 Å². The number of nitrogens with one attached hydrogen (secondary N) is 1. The van der Waals surface area contributed by atoms with Gasteiger partial charge in [0.25, 0.3) is 5.89 Å². The minimum Gasteiger partial charge on any atom is -0.344 e. The molecular weight excluding hydrogens is 355 g/mol. The molecule has 0 radical (unpaired) electrons. The van der Waals surface area contributed by atoms with E-state index in [1.165, 1.54) is 30.4 Å². The van der Waals surface area contributed by atoms with Crippen LogP contribution in [0.5, 0.6) is 0 Å². The number of aromatic nitrogens is 3. The molecule has 1 aromatic carbocycles. The van der Waals surface area contributed by atoms with E-state index in [2.05, 4.69) is 20.4 Å². The number of rotatable bonds is 5. The first-order chi connectivity index (χ1) is 12.2. The maximum Gasteiger partial charge on any atom is 0.270 e. The molecule has 2 heterocycles. The number of nitrogens with zero attached hydrogens (tertiary/aromatic N) is 3. The standard InChI is InChI=1S/C18H19FN4O2S/c1-10-15(16-21-17(23-25-16)18(3,4)22-11(2)24)26-14(20-10)9-12-5-7-13(19)8-6-12/h5-8H,9H2,1-4H3,(H,22,24). The van der Waals surface area contributed by atoms with Gasteiger partial charge in [-0.2, -0.15) is 4.98 Å². The van der Waals surface area contributed by atoms with Crippen LogP contribution in [0.2, 0.25) is 0 Å². The van der Waals surface area contributed by atoms with Gasteiger partial charge >= 0.3 is 0 Å². The van der Waals surface area contributed by atoms with Crippen LogP contribution in [0.15, 0.2) is 28.8 Å². The summed E-state index contributed by atoms with van der Waals surface area (Å²) in [6, 6.07) is 6.36. The van der Waals surface area contributed by atoms with Crippen molar-refractivity contribution < 1.29 is 13.7 Å². The Labute approximate surface area is 154 Å². The highest BCUT2D eigenvalue weighted by molar-refractivity contribution is 7.15. The monoisotopic (exact) mass is 374 g/mol. The minimum absolute atomic E-state index is 0.170. The van der Waals surface area contributed by atoms with Gasteiger partial charge in [-0.1, -0.05) is 17.3 Å². The van der Waals surface area contributed by atoms with Crippen molar-refractivity contribution in [1.82, 2.24) is 20.4 Å². The second-order valence-electron chi connectivity index (χ2n) is 6.55. The van der Waals surface area contributed by atoms with Crippen LogP contribution in [0.1, 0.15) is 42.9 Å². The largest absolute Gasteiger partial charge is 0.344 e. The average molecular weight is 374 g/mol. The molecule has 0 saturated heterocycles. The van der Waals surface area contributed by atoms with Crippen LogP contribution >= 0.6 is 11.3 Å². The molecule has 8 heteroatoms. The molecule has 3 rings (SSSR count). The third-order valence-corrected chi connectivity index (χ3v) is 4.92. The lowest BCUT2D eigenvalue weighted by atomic mass is 10.1. The van der Waals surface area contributed by atoms with Crippen molar-refractivity contribution in [3.05, 3.63) is 52.2 Å². The fraction of sp³-hybridized carbons (Fsp3) is 0.333. The van der Waals surface area contributed by atoms with Gasteiger partial charge in [0.05, 0.1) is 16.2 Å². The Kier molecular flexibility index (Phi) is 4.86. The van der Waals surface area contributed by atoms with E-state index < -0.39 is 5.54 Å². The predicted octanol–water partition coefficient (Wildman–Crippen LogP) is 3.60. The maximum atomic E-state index is 13.0. The molecule has 0 unspecified atom stereocenters. The smallest absolute Gasteiger partial charge is 0.270 e. The van der Waals surface area contributed by atoms with Gasteiger partial charge in [0.2, 0.25) is 5.91 Å². The molecule has 0 aliphatic heterocycles. The van der Waals surface area contributed by atoms with Gasteiger partial charge in [0.15, 0.2) is 5.82 Å². The summed E-state index contributed by atoms with van der Waals surface area (Å²) in [5.74, 6) is 0.344. The second kappa shape index (κ2) is 6.95. The van der Waals surface area contributed by atoms with Crippen molar-refractivity contribution in [3.8, 4) is 10.8 Å². The highest BCUT2D eigenvalue weighted by Gasteiger charge is 2.28. The van der Waals surface area contributed by atoms with E-state index in [-0.39, 0.29) is 11.7 Å². The van der Waals surface area contributed by atoms with Crippen LogP contribution in [0.4, 0.5) is 4.39 Å². The van der Waals surface area contributed by atoms with Crippen molar-refractivity contribution in [2.24, 2.45) is 0 Å². The number of hydrogen-bond donors (Lipinski definition) is 1. The van der Waals surface area contributed by atoms with Gasteiger partial charge in [-0.15, -0.1) is 11.3 Å². The van der Waals surface area contributed by atoms with E-state index in [9.17, 15) is 9.18 Å². The lowest BCUT2D eigenvalue weighted by Gasteiger charge is -2.20. The maximum absolute atomic E-state index is 13.0. The molecule has 0 aliphatic carbocycles. The van der Waals surface area contributed by atoms with Gasteiger partial charge < -0.3 is 9.84 Å². The third kappa shape index (κ3) is 3.96. The summed E-state index contributed by atoms with van der Waals surface area (Å²) in [6.45, 7) is 6.94. The zero-order valence-corrected chi connectivity index (χ0v) is 15.8. The van der Waals surface area contributed by atoms with Crippen LogP contribution in [0.3, 0.4) is 0 Å². The van der Waals surface area contributed by atoms with Crippen molar-refractivity contribution in [2.75, 3.05) is 0 Å². The van der Waals surface area contributed by atoms with Crippen LogP contribution in [0, 0.1) is 12.7 Å². The molecule has 3 aromatic rings. The summed E-state index contributed by atoms with van der Waals surface area (Å²) in [6.07, 6.45) is 0.601.